The van der Waals surface area contributed by atoms with Gasteiger partial charge in [0.05, 0.1) is 18.1 Å². The molecule has 7 nitrogen and oxygen atoms in total. The van der Waals surface area contributed by atoms with Crippen LogP contribution in [0.2, 0.25) is 0 Å². The number of aryl methyl sites for hydroxylation is 3. The van der Waals surface area contributed by atoms with Gasteiger partial charge >= 0.3 is 5.97 Å². The van der Waals surface area contributed by atoms with Gasteiger partial charge < -0.3 is 20.5 Å². The molecule has 2 amide bonds. The van der Waals surface area contributed by atoms with Crippen LogP contribution in [0.4, 0.5) is 5.69 Å². The standard InChI is InChI=1S/C30H36N2O5/c1-17-12-18(2)26(19(3)13-17)31-25(33)16-23-14-21-10-8-9-11-22(21)15-24(23)28(34)32-27(29(35)36)20(4)37-30(5,6)7/h8-15,20,27H,16H2,1-7H3,(H,31,33)(H,32,34)(H,35,36)/t20-,27+/m1/s1. The first-order valence-corrected chi connectivity index (χ1v) is 12.4. The van der Waals surface area contributed by atoms with Crippen molar-refractivity contribution in [3.8, 4) is 0 Å². The highest BCUT2D eigenvalue weighted by Crippen LogP contribution is 2.25. The fourth-order valence-electron chi connectivity index (χ4n) is 4.60. The zero-order chi connectivity index (χ0) is 27.5. The van der Waals surface area contributed by atoms with E-state index in [4.69, 9.17) is 4.74 Å². The van der Waals surface area contributed by atoms with Crippen molar-refractivity contribution in [3.05, 3.63) is 76.3 Å². The minimum Gasteiger partial charge on any atom is -0.480 e. The molecule has 3 aromatic rings. The van der Waals surface area contributed by atoms with Crippen LogP contribution in [0.3, 0.4) is 0 Å². The summed E-state index contributed by atoms with van der Waals surface area (Å²) in [6, 6.07) is 13.8. The first-order chi connectivity index (χ1) is 17.2. The first-order valence-electron chi connectivity index (χ1n) is 12.4. The van der Waals surface area contributed by atoms with E-state index in [1.807, 2.05) is 84.0 Å². The molecule has 196 valence electrons. The number of anilines is 1. The van der Waals surface area contributed by atoms with Crippen LogP contribution in [0, 0.1) is 20.8 Å². The van der Waals surface area contributed by atoms with Gasteiger partial charge in [-0.2, -0.15) is 0 Å². The van der Waals surface area contributed by atoms with Gasteiger partial charge in [0, 0.05) is 11.3 Å². The molecule has 37 heavy (non-hydrogen) atoms. The van der Waals surface area contributed by atoms with E-state index in [0.29, 0.717) is 5.56 Å². The van der Waals surface area contributed by atoms with Crippen LogP contribution < -0.4 is 10.6 Å². The number of rotatable bonds is 8. The molecule has 7 heteroatoms. The van der Waals surface area contributed by atoms with E-state index in [-0.39, 0.29) is 17.9 Å². The average Bonchev–Trinajstić information content (AvgIpc) is 2.77. The number of carboxylic acids is 1. The lowest BCUT2D eigenvalue weighted by Crippen LogP contribution is -2.50. The Morgan fingerprint density at radius 3 is 2.05 bits per heavy atom. The molecule has 0 heterocycles. The highest BCUT2D eigenvalue weighted by molar-refractivity contribution is 6.04. The normalized spacial score (nSPS) is 13.2. The van der Waals surface area contributed by atoms with Gasteiger partial charge in [-0.05, 0) is 88.1 Å². The third-order valence-corrected chi connectivity index (χ3v) is 6.07. The maximum atomic E-state index is 13.4. The number of ether oxygens (including phenoxy) is 1. The van der Waals surface area contributed by atoms with Crippen LogP contribution in [0.25, 0.3) is 10.8 Å². The molecule has 0 aliphatic carbocycles. The first kappa shape index (κ1) is 27.9. The molecule has 0 saturated carbocycles. The van der Waals surface area contributed by atoms with Crippen molar-refractivity contribution in [1.29, 1.82) is 0 Å². The smallest absolute Gasteiger partial charge is 0.328 e. The summed E-state index contributed by atoms with van der Waals surface area (Å²) < 4.78 is 5.80. The molecule has 0 aliphatic rings. The number of hydrogen-bond acceptors (Lipinski definition) is 4. The van der Waals surface area contributed by atoms with Crippen LogP contribution in [0.5, 0.6) is 0 Å². The fourth-order valence-corrected chi connectivity index (χ4v) is 4.60. The van der Waals surface area contributed by atoms with Gasteiger partial charge in [0.2, 0.25) is 5.91 Å². The van der Waals surface area contributed by atoms with Crippen molar-refractivity contribution >= 4 is 34.2 Å². The topological polar surface area (TPSA) is 105 Å². The number of nitrogens with one attached hydrogen (secondary N) is 2. The SMILES string of the molecule is Cc1cc(C)c(NC(=O)Cc2cc3ccccc3cc2C(=O)N[C@H](C(=O)O)[C@@H](C)OC(C)(C)C)c(C)c1. The van der Waals surface area contributed by atoms with Gasteiger partial charge in [0.15, 0.2) is 6.04 Å². The third-order valence-electron chi connectivity index (χ3n) is 6.07. The van der Waals surface area contributed by atoms with Crippen molar-refractivity contribution in [2.75, 3.05) is 5.32 Å². The van der Waals surface area contributed by atoms with E-state index in [0.717, 1.165) is 33.2 Å². The van der Waals surface area contributed by atoms with Crippen LogP contribution in [0.15, 0.2) is 48.5 Å². The highest BCUT2D eigenvalue weighted by Gasteiger charge is 2.31. The zero-order valence-corrected chi connectivity index (χ0v) is 22.6. The largest absolute Gasteiger partial charge is 0.480 e. The minimum absolute atomic E-state index is 0.0495. The van der Waals surface area contributed by atoms with Crippen LogP contribution in [0.1, 0.15) is 60.3 Å². The van der Waals surface area contributed by atoms with Gasteiger partial charge in [0.25, 0.3) is 5.91 Å². The molecule has 3 N–H and O–H groups in total. The molecule has 0 spiro atoms. The summed E-state index contributed by atoms with van der Waals surface area (Å²) in [5.74, 6) is -2.04. The maximum Gasteiger partial charge on any atom is 0.328 e. The van der Waals surface area contributed by atoms with Gasteiger partial charge in [-0.3, -0.25) is 9.59 Å². The monoisotopic (exact) mass is 504 g/mol. The molecule has 0 saturated heterocycles. The third kappa shape index (κ3) is 7.17. The lowest BCUT2D eigenvalue weighted by atomic mass is 9.97. The van der Waals surface area contributed by atoms with Crippen LogP contribution in [-0.4, -0.2) is 40.6 Å². The highest BCUT2D eigenvalue weighted by atomic mass is 16.5. The van der Waals surface area contributed by atoms with Gasteiger partial charge in [0.1, 0.15) is 0 Å². The Morgan fingerprint density at radius 1 is 0.946 bits per heavy atom. The van der Waals surface area contributed by atoms with E-state index < -0.39 is 29.6 Å². The predicted molar refractivity (Wildman–Crippen MR) is 146 cm³/mol. The van der Waals surface area contributed by atoms with Crippen molar-refractivity contribution in [3.63, 3.8) is 0 Å². The van der Waals surface area contributed by atoms with E-state index in [9.17, 15) is 19.5 Å². The Bertz CT molecular complexity index is 1320. The summed E-state index contributed by atoms with van der Waals surface area (Å²) in [6.07, 6.45) is -0.826. The Kier molecular flexibility index (Phi) is 8.39. The minimum atomic E-state index is -1.27. The predicted octanol–water partition coefficient (Wildman–Crippen LogP) is 5.33. The van der Waals surface area contributed by atoms with Crippen LogP contribution >= 0.6 is 0 Å². The fraction of sp³-hybridized carbons (Fsp3) is 0.367. The number of hydrogen-bond donors (Lipinski definition) is 3. The van der Waals surface area contributed by atoms with Crippen molar-refractivity contribution in [2.45, 2.75) is 72.6 Å². The molecule has 0 bridgehead atoms. The number of carbonyl (C=O) groups excluding carboxylic acids is 2. The molecular formula is C30H36N2O5. The molecule has 3 rings (SSSR count). The summed E-state index contributed by atoms with van der Waals surface area (Å²) in [6.45, 7) is 13.0. The second-order valence-electron chi connectivity index (χ2n) is 10.6. The summed E-state index contributed by atoms with van der Waals surface area (Å²) in [5.41, 5.74) is 3.95. The number of benzene rings is 3. The second-order valence-corrected chi connectivity index (χ2v) is 10.6. The number of amides is 2. The second kappa shape index (κ2) is 11.1. The molecule has 0 aromatic heterocycles. The summed E-state index contributed by atoms with van der Waals surface area (Å²) in [5, 5.41) is 17.1. The number of carboxylic acid groups (broad SMARTS) is 1. The molecule has 0 fully saturated rings. The number of carbonyl (C=O) groups is 3. The average molecular weight is 505 g/mol. The molecule has 0 unspecified atom stereocenters. The van der Waals surface area contributed by atoms with E-state index >= 15 is 0 Å². The van der Waals surface area contributed by atoms with E-state index in [2.05, 4.69) is 10.6 Å². The summed E-state index contributed by atoms with van der Waals surface area (Å²) in [7, 11) is 0. The quantitative estimate of drug-likeness (QED) is 0.384. The maximum absolute atomic E-state index is 13.4. The van der Waals surface area contributed by atoms with Gasteiger partial charge in [-0.15, -0.1) is 0 Å². The van der Waals surface area contributed by atoms with Crippen molar-refractivity contribution in [1.82, 2.24) is 5.32 Å². The van der Waals surface area contributed by atoms with E-state index in [1.54, 1.807) is 13.0 Å². The number of fused-ring (bicyclic) bond motifs is 1. The van der Waals surface area contributed by atoms with Crippen LogP contribution in [-0.2, 0) is 20.7 Å². The van der Waals surface area contributed by atoms with Gasteiger partial charge in [-0.25, -0.2) is 4.79 Å². The Labute approximate surface area is 218 Å². The van der Waals surface area contributed by atoms with Gasteiger partial charge in [-0.1, -0.05) is 42.0 Å². The Balaban J connectivity index is 1.93. The lowest BCUT2D eigenvalue weighted by molar-refractivity contribution is -0.146. The van der Waals surface area contributed by atoms with Crippen molar-refractivity contribution in [2.24, 2.45) is 0 Å². The molecule has 0 radical (unpaired) electrons. The Morgan fingerprint density at radius 2 is 1.51 bits per heavy atom. The lowest BCUT2D eigenvalue weighted by Gasteiger charge is -2.29. The molecule has 0 aliphatic heterocycles. The number of aliphatic carboxylic acids is 1. The summed E-state index contributed by atoms with van der Waals surface area (Å²) >= 11 is 0. The molecular weight excluding hydrogens is 468 g/mol. The Hall–Kier alpha value is -3.71. The summed E-state index contributed by atoms with van der Waals surface area (Å²) in [4.78, 5) is 38.5. The molecule has 3 aromatic carbocycles. The molecule has 2 atom stereocenters. The van der Waals surface area contributed by atoms with Crippen molar-refractivity contribution < 1.29 is 24.2 Å². The zero-order valence-electron chi connectivity index (χ0n) is 22.6. The van der Waals surface area contributed by atoms with E-state index in [1.165, 1.54) is 0 Å².